The lowest BCUT2D eigenvalue weighted by Crippen LogP contribution is -2.50. The summed E-state index contributed by atoms with van der Waals surface area (Å²) in [5.41, 5.74) is 4.34. The molecule has 1 saturated heterocycles. The summed E-state index contributed by atoms with van der Waals surface area (Å²) >= 11 is 1.22. The lowest BCUT2D eigenvalue weighted by atomic mass is 10.1. The van der Waals surface area contributed by atoms with Crippen LogP contribution in [0, 0.1) is 11.3 Å². The second kappa shape index (κ2) is 9.94. The Bertz CT molecular complexity index is 1530. The van der Waals surface area contributed by atoms with Gasteiger partial charge in [0.15, 0.2) is 5.01 Å². The standard InChI is InChI=1S/C25H25N9O2S/c1-15(2)29-20-11-21(22-5-4-18-10-17(12-26)13-28-34(18)22)27-14-19(20)23-30-31-24(37-23)25(36)33-8-6-32(7-9-33)16(3)35/h4-5,10-11,13-15H,6-9H2,1-3H3,(H,27,29). The second-order valence-corrected chi connectivity index (χ2v) is 10.0. The number of nitrogens with zero attached hydrogens (tertiary/aromatic N) is 8. The molecule has 1 aliphatic heterocycles. The molecule has 2 amide bonds. The maximum absolute atomic E-state index is 13.0. The first-order valence-corrected chi connectivity index (χ1v) is 12.7. The number of hydrogen-bond acceptors (Lipinski definition) is 9. The first kappa shape index (κ1) is 24.3. The highest BCUT2D eigenvalue weighted by atomic mass is 32.1. The van der Waals surface area contributed by atoms with Gasteiger partial charge in [0.2, 0.25) is 10.9 Å². The minimum Gasteiger partial charge on any atom is -0.382 e. The van der Waals surface area contributed by atoms with E-state index in [4.69, 9.17) is 5.26 Å². The first-order valence-electron chi connectivity index (χ1n) is 11.9. The van der Waals surface area contributed by atoms with E-state index in [-0.39, 0.29) is 17.9 Å². The second-order valence-electron chi connectivity index (χ2n) is 9.04. The Morgan fingerprint density at radius 3 is 2.54 bits per heavy atom. The highest BCUT2D eigenvalue weighted by Gasteiger charge is 2.26. The SMILES string of the molecule is CC(=O)N1CCN(C(=O)c2nnc(-c3cnc(-c4ccc5cc(C#N)cnn45)cc3NC(C)C)s2)CC1. The van der Waals surface area contributed by atoms with Crippen LogP contribution in [-0.2, 0) is 4.79 Å². The van der Waals surface area contributed by atoms with E-state index in [1.54, 1.807) is 26.6 Å². The Kier molecular flexibility index (Phi) is 6.54. The number of amides is 2. The normalized spacial score (nSPS) is 13.7. The van der Waals surface area contributed by atoms with Crippen LogP contribution in [-0.4, -0.2) is 78.6 Å². The van der Waals surface area contributed by atoms with Crippen molar-refractivity contribution in [1.29, 1.82) is 5.26 Å². The lowest BCUT2D eigenvalue weighted by molar-refractivity contribution is -0.130. The number of fused-ring (bicyclic) bond motifs is 1. The van der Waals surface area contributed by atoms with E-state index in [0.29, 0.717) is 47.5 Å². The molecule has 1 aliphatic rings. The van der Waals surface area contributed by atoms with Gasteiger partial charge in [0.25, 0.3) is 5.91 Å². The molecule has 188 valence electrons. The fourth-order valence-corrected chi connectivity index (χ4v) is 5.06. The summed E-state index contributed by atoms with van der Waals surface area (Å²) in [5.74, 6) is -0.167. The average Bonchev–Trinajstić information content (AvgIpc) is 3.55. The summed E-state index contributed by atoms with van der Waals surface area (Å²) in [7, 11) is 0. The third kappa shape index (κ3) is 4.85. The number of carbonyl (C=O) groups is 2. The van der Waals surface area contributed by atoms with E-state index in [1.807, 2.05) is 32.0 Å². The van der Waals surface area contributed by atoms with Gasteiger partial charge in [0.05, 0.1) is 34.2 Å². The quantitative estimate of drug-likeness (QED) is 0.429. The molecule has 0 unspecified atom stereocenters. The van der Waals surface area contributed by atoms with Crippen LogP contribution in [0.2, 0.25) is 0 Å². The minimum absolute atomic E-state index is 0.0160. The summed E-state index contributed by atoms with van der Waals surface area (Å²) in [6.45, 7) is 7.59. The van der Waals surface area contributed by atoms with Gasteiger partial charge in [-0.2, -0.15) is 10.4 Å². The van der Waals surface area contributed by atoms with E-state index < -0.39 is 0 Å². The highest BCUT2D eigenvalue weighted by Crippen LogP contribution is 2.34. The van der Waals surface area contributed by atoms with Gasteiger partial charge >= 0.3 is 0 Å². The molecule has 12 heteroatoms. The average molecular weight is 516 g/mol. The predicted octanol–water partition coefficient (Wildman–Crippen LogP) is 2.91. The minimum atomic E-state index is -0.183. The van der Waals surface area contributed by atoms with Crippen molar-refractivity contribution in [2.24, 2.45) is 0 Å². The Morgan fingerprint density at radius 2 is 1.84 bits per heavy atom. The zero-order chi connectivity index (χ0) is 26.1. The number of aromatic nitrogens is 5. The molecule has 11 nitrogen and oxygen atoms in total. The van der Waals surface area contributed by atoms with Crippen LogP contribution in [0.15, 0.2) is 36.7 Å². The summed E-state index contributed by atoms with van der Waals surface area (Å²) in [5, 5.41) is 26.4. The molecule has 0 aliphatic carbocycles. The molecule has 4 aromatic rings. The van der Waals surface area contributed by atoms with Crippen molar-refractivity contribution in [3.05, 3.63) is 47.2 Å². The molecule has 0 spiro atoms. The maximum Gasteiger partial charge on any atom is 0.284 e. The van der Waals surface area contributed by atoms with Crippen molar-refractivity contribution in [3.8, 4) is 28.0 Å². The van der Waals surface area contributed by atoms with Gasteiger partial charge in [-0.3, -0.25) is 14.6 Å². The Morgan fingerprint density at radius 1 is 1.08 bits per heavy atom. The maximum atomic E-state index is 13.0. The van der Waals surface area contributed by atoms with Crippen molar-refractivity contribution < 1.29 is 9.59 Å². The van der Waals surface area contributed by atoms with Crippen molar-refractivity contribution in [2.45, 2.75) is 26.8 Å². The topological polar surface area (TPSA) is 132 Å². The molecule has 0 radical (unpaired) electrons. The third-order valence-corrected chi connectivity index (χ3v) is 7.04. The molecular weight excluding hydrogens is 490 g/mol. The summed E-state index contributed by atoms with van der Waals surface area (Å²) in [4.78, 5) is 32.7. The van der Waals surface area contributed by atoms with E-state index >= 15 is 0 Å². The van der Waals surface area contributed by atoms with E-state index in [9.17, 15) is 9.59 Å². The Balaban J connectivity index is 1.43. The van der Waals surface area contributed by atoms with Gasteiger partial charge < -0.3 is 15.1 Å². The highest BCUT2D eigenvalue weighted by molar-refractivity contribution is 7.16. The fraction of sp³-hybridized carbons (Fsp3) is 0.320. The molecule has 5 heterocycles. The van der Waals surface area contributed by atoms with Gasteiger partial charge in [0, 0.05) is 51.0 Å². The zero-order valence-corrected chi connectivity index (χ0v) is 21.5. The van der Waals surface area contributed by atoms with Gasteiger partial charge in [-0.15, -0.1) is 10.2 Å². The first-order chi connectivity index (χ1) is 17.8. The van der Waals surface area contributed by atoms with Crippen LogP contribution in [0.25, 0.3) is 27.5 Å². The Labute approximate surface area is 217 Å². The number of nitriles is 1. The van der Waals surface area contributed by atoms with Crippen LogP contribution < -0.4 is 5.32 Å². The molecule has 0 bridgehead atoms. The van der Waals surface area contributed by atoms with Crippen molar-refractivity contribution in [3.63, 3.8) is 0 Å². The Hall–Kier alpha value is -4.37. The number of carbonyl (C=O) groups excluding carboxylic acids is 2. The summed E-state index contributed by atoms with van der Waals surface area (Å²) < 4.78 is 1.75. The van der Waals surface area contributed by atoms with E-state index in [0.717, 1.165) is 22.5 Å². The molecular formula is C25H25N9O2S. The number of nitrogens with one attached hydrogen (secondary N) is 1. The monoisotopic (exact) mass is 515 g/mol. The fourth-order valence-electron chi connectivity index (χ4n) is 4.23. The number of pyridine rings is 1. The molecule has 0 aromatic carbocycles. The van der Waals surface area contributed by atoms with Crippen molar-refractivity contribution >= 4 is 34.4 Å². The van der Waals surface area contributed by atoms with Gasteiger partial charge in [0.1, 0.15) is 6.07 Å². The van der Waals surface area contributed by atoms with E-state index in [2.05, 4.69) is 31.7 Å². The smallest absolute Gasteiger partial charge is 0.284 e. The molecule has 1 N–H and O–H groups in total. The third-order valence-electron chi connectivity index (χ3n) is 6.09. The number of hydrogen-bond donors (Lipinski definition) is 1. The molecule has 37 heavy (non-hydrogen) atoms. The molecule has 0 saturated carbocycles. The van der Waals surface area contributed by atoms with Crippen LogP contribution in [0.1, 0.15) is 36.1 Å². The number of rotatable bonds is 5. The van der Waals surface area contributed by atoms with Crippen molar-refractivity contribution in [1.82, 2.24) is 34.6 Å². The molecule has 1 fully saturated rings. The van der Waals surface area contributed by atoms with Crippen LogP contribution in [0.4, 0.5) is 5.69 Å². The van der Waals surface area contributed by atoms with Crippen LogP contribution in [0.5, 0.6) is 0 Å². The van der Waals surface area contributed by atoms with E-state index in [1.165, 1.54) is 24.5 Å². The summed E-state index contributed by atoms with van der Waals surface area (Å²) in [6.07, 6.45) is 3.25. The molecule has 4 aromatic heterocycles. The molecule has 5 rings (SSSR count). The number of anilines is 1. The van der Waals surface area contributed by atoms with Gasteiger partial charge in [-0.25, -0.2) is 4.52 Å². The predicted molar refractivity (Wildman–Crippen MR) is 139 cm³/mol. The summed E-state index contributed by atoms with van der Waals surface area (Å²) in [6, 6.07) is 9.76. The van der Waals surface area contributed by atoms with Gasteiger partial charge in [-0.1, -0.05) is 11.3 Å². The molecule has 0 atom stereocenters. The van der Waals surface area contributed by atoms with Crippen LogP contribution >= 0.6 is 11.3 Å². The number of piperazine rings is 1. The van der Waals surface area contributed by atoms with Crippen LogP contribution in [0.3, 0.4) is 0 Å². The zero-order valence-electron chi connectivity index (χ0n) is 20.7. The largest absolute Gasteiger partial charge is 0.382 e. The van der Waals surface area contributed by atoms with Crippen molar-refractivity contribution in [2.75, 3.05) is 31.5 Å². The van der Waals surface area contributed by atoms with Gasteiger partial charge in [-0.05, 0) is 38.1 Å². The lowest BCUT2D eigenvalue weighted by Gasteiger charge is -2.33.